The molecule has 0 saturated carbocycles. The zero-order valence-corrected chi connectivity index (χ0v) is 13.2. The first-order chi connectivity index (χ1) is 10.7. The van der Waals surface area contributed by atoms with Crippen molar-refractivity contribution in [2.45, 2.75) is 5.92 Å². The van der Waals surface area contributed by atoms with Crippen LogP contribution < -0.4 is 4.74 Å². The van der Waals surface area contributed by atoms with E-state index in [9.17, 15) is 28.1 Å². The molecule has 1 unspecified atom stereocenters. The first kappa shape index (κ1) is 18.6. The number of carbonyl (C=O) groups excluding carboxylic acids is 2. The predicted octanol–water partition coefficient (Wildman–Crippen LogP) is 0.170. The van der Waals surface area contributed by atoms with Crippen molar-refractivity contribution in [1.29, 1.82) is 0 Å². The number of nitro groups is 1. The van der Waals surface area contributed by atoms with Gasteiger partial charge in [-0.15, -0.1) is 0 Å². The summed E-state index contributed by atoms with van der Waals surface area (Å²) >= 11 is 0. The van der Waals surface area contributed by atoms with Crippen LogP contribution in [0.2, 0.25) is 0 Å². The molecule has 126 valence electrons. The van der Waals surface area contributed by atoms with Gasteiger partial charge in [-0.1, -0.05) is 12.1 Å². The van der Waals surface area contributed by atoms with Crippen LogP contribution in [0.25, 0.3) is 0 Å². The number of hydrogen-bond acceptors (Lipinski definition) is 8. The number of sulfone groups is 1. The van der Waals surface area contributed by atoms with Crippen LogP contribution >= 0.6 is 0 Å². The van der Waals surface area contributed by atoms with E-state index in [-0.39, 0.29) is 5.56 Å². The number of benzene rings is 1. The van der Waals surface area contributed by atoms with Crippen molar-refractivity contribution in [1.82, 2.24) is 0 Å². The zero-order valence-electron chi connectivity index (χ0n) is 12.4. The molecular weight excluding hydrogens is 330 g/mol. The first-order valence-electron chi connectivity index (χ1n) is 6.32. The fraction of sp³-hybridized carbons (Fsp3) is 0.385. The van der Waals surface area contributed by atoms with Gasteiger partial charge in [0.1, 0.15) is 17.3 Å². The molecule has 23 heavy (non-hydrogen) atoms. The summed E-state index contributed by atoms with van der Waals surface area (Å²) in [5, 5.41) is 10.7. The molecule has 0 N–H and O–H groups in total. The number of methoxy groups -OCH3 is 1. The molecule has 0 spiro atoms. The molecular formula is C13H15NO8S. The fourth-order valence-corrected chi connectivity index (χ4v) is 2.07. The molecule has 10 heteroatoms. The topological polar surface area (TPSA) is 130 Å². The van der Waals surface area contributed by atoms with E-state index in [0.717, 1.165) is 6.26 Å². The lowest BCUT2D eigenvalue weighted by Crippen LogP contribution is -2.30. The zero-order chi connectivity index (χ0) is 17.6. The van der Waals surface area contributed by atoms with Gasteiger partial charge in [0.05, 0.1) is 12.9 Å². The Morgan fingerprint density at radius 1 is 1.35 bits per heavy atom. The van der Waals surface area contributed by atoms with E-state index in [1.807, 2.05) is 0 Å². The van der Waals surface area contributed by atoms with Crippen LogP contribution in [-0.2, 0) is 24.2 Å². The molecule has 1 aromatic carbocycles. The Bertz CT molecular complexity index is 712. The maximum atomic E-state index is 12.0. The van der Waals surface area contributed by atoms with Crippen LogP contribution in [0, 0.1) is 10.1 Å². The molecule has 1 aromatic rings. The largest absolute Gasteiger partial charge is 0.497 e. The number of carbonyl (C=O) groups is 2. The second kappa shape index (κ2) is 7.68. The molecule has 1 amide bonds. The van der Waals surface area contributed by atoms with Gasteiger partial charge in [-0.25, -0.2) is 13.2 Å². The van der Waals surface area contributed by atoms with Crippen molar-refractivity contribution in [2.75, 3.05) is 25.7 Å². The van der Waals surface area contributed by atoms with Crippen LogP contribution in [0.1, 0.15) is 11.5 Å². The minimum atomic E-state index is -3.37. The monoisotopic (exact) mass is 345 g/mol. The second-order valence-electron chi connectivity index (χ2n) is 4.60. The Morgan fingerprint density at radius 2 is 2.00 bits per heavy atom. The number of nitrogens with zero attached hydrogens (tertiary/aromatic N) is 1. The van der Waals surface area contributed by atoms with Gasteiger partial charge in [0.2, 0.25) is 5.92 Å². The van der Waals surface area contributed by atoms with Crippen molar-refractivity contribution in [3.05, 3.63) is 39.9 Å². The quantitative estimate of drug-likeness (QED) is 0.296. The van der Waals surface area contributed by atoms with Crippen LogP contribution in [0.3, 0.4) is 0 Å². The Balaban J connectivity index is 3.03. The molecule has 0 radical (unpaired) electrons. The average molecular weight is 345 g/mol. The summed E-state index contributed by atoms with van der Waals surface area (Å²) < 4.78 is 31.6. The van der Waals surface area contributed by atoms with E-state index in [2.05, 4.69) is 0 Å². The molecule has 0 aliphatic heterocycles. The third kappa shape index (κ3) is 5.66. The van der Waals surface area contributed by atoms with Crippen LogP contribution in [0.5, 0.6) is 5.75 Å². The van der Waals surface area contributed by atoms with Gasteiger partial charge < -0.3 is 9.47 Å². The van der Waals surface area contributed by atoms with Crippen molar-refractivity contribution >= 4 is 21.7 Å². The summed E-state index contributed by atoms with van der Waals surface area (Å²) in [4.78, 5) is 33.2. The Hall–Kier alpha value is -2.49. The third-order valence-corrected chi connectivity index (χ3v) is 3.70. The molecule has 9 nitrogen and oxygen atoms in total. The van der Waals surface area contributed by atoms with E-state index < -0.39 is 44.9 Å². The Morgan fingerprint density at radius 3 is 2.52 bits per heavy atom. The van der Waals surface area contributed by atoms with Crippen molar-refractivity contribution in [3.63, 3.8) is 0 Å². The molecule has 0 aromatic heterocycles. The molecule has 0 saturated heterocycles. The van der Waals surface area contributed by atoms with Gasteiger partial charge >= 0.3 is 11.9 Å². The highest BCUT2D eigenvalue weighted by atomic mass is 32.2. The van der Waals surface area contributed by atoms with Crippen LogP contribution in [0.4, 0.5) is 0 Å². The van der Waals surface area contributed by atoms with E-state index in [1.165, 1.54) is 31.4 Å². The van der Waals surface area contributed by atoms with Gasteiger partial charge in [-0.3, -0.25) is 14.9 Å². The standard InChI is InChI=1S/C13H15NO8S/c1-21-10-5-3-4-9(8-10)11(12(15)14(17)18)13(16)22-6-7-23(2,19)20/h3-5,8,11H,6-7H2,1-2H3. The maximum absolute atomic E-state index is 12.0. The number of amides is 1. The smallest absolute Gasteiger partial charge is 0.463 e. The van der Waals surface area contributed by atoms with Gasteiger partial charge in [-0.05, 0) is 17.7 Å². The Kier molecular flexibility index (Phi) is 6.19. The highest BCUT2D eigenvalue weighted by Crippen LogP contribution is 2.23. The first-order valence-corrected chi connectivity index (χ1v) is 8.38. The third-order valence-electron chi connectivity index (χ3n) is 2.79. The van der Waals surface area contributed by atoms with Gasteiger partial charge in [0.25, 0.3) is 0 Å². The van der Waals surface area contributed by atoms with E-state index >= 15 is 0 Å². The summed E-state index contributed by atoms with van der Waals surface area (Å²) in [5.41, 5.74) is 0.0235. The van der Waals surface area contributed by atoms with E-state index in [1.54, 1.807) is 0 Å². The molecule has 1 rings (SSSR count). The van der Waals surface area contributed by atoms with Crippen LogP contribution in [0.15, 0.2) is 24.3 Å². The van der Waals surface area contributed by atoms with Gasteiger partial charge in [0, 0.05) is 6.26 Å². The summed E-state index contributed by atoms with van der Waals surface area (Å²) in [5.74, 6) is -4.70. The minimum absolute atomic E-state index is 0.0235. The van der Waals surface area contributed by atoms with E-state index in [0.29, 0.717) is 5.75 Å². The van der Waals surface area contributed by atoms with Crippen LogP contribution in [-0.4, -0.2) is 50.9 Å². The number of hydrogen-bond donors (Lipinski definition) is 0. The summed E-state index contributed by atoms with van der Waals surface area (Å²) in [6.45, 7) is -0.497. The lowest BCUT2D eigenvalue weighted by atomic mass is 9.98. The normalized spacial score (nSPS) is 12.3. The minimum Gasteiger partial charge on any atom is -0.497 e. The number of esters is 1. The predicted molar refractivity (Wildman–Crippen MR) is 78.4 cm³/mol. The number of ether oxygens (including phenoxy) is 2. The van der Waals surface area contributed by atoms with Crippen molar-refractivity contribution < 1.29 is 32.4 Å². The van der Waals surface area contributed by atoms with E-state index in [4.69, 9.17) is 9.47 Å². The highest BCUT2D eigenvalue weighted by molar-refractivity contribution is 7.90. The SMILES string of the molecule is COc1cccc(C(C(=O)OCCS(C)(=O)=O)C(=O)[N+](=O)[O-])c1. The highest BCUT2D eigenvalue weighted by Gasteiger charge is 2.39. The molecule has 1 atom stereocenters. The van der Waals surface area contributed by atoms with Crippen molar-refractivity contribution in [2.24, 2.45) is 0 Å². The molecule has 0 bridgehead atoms. The second-order valence-corrected chi connectivity index (χ2v) is 6.86. The fourth-order valence-electron chi connectivity index (χ4n) is 1.68. The average Bonchev–Trinajstić information content (AvgIpc) is 2.46. The summed E-state index contributed by atoms with van der Waals surface area (Å²) in [7, 11) is -2.02. The lowest BCUT2D eigenvalue weighted by Gasteiger charge is -2.12. The molecule has 0 aliphatic rings. The van der Waals surface area contributed by atoms with Crippen molar-refractivity contribution in [3.8, 4) is 5.75 Å². The summed E-state index contributed by atoms with van der Waals surface area (Å²) in [6, 6.07) is 5.63. The number of rotatable bonds is 7. The lowest BCUT2D eigenvalue weighted by molar-refractivity contribution is -0.403. The molecule has 0 heterocycles. The molecule has 0 fully saturated rings. The summed E-state index contributed by atoms with van der Waals surface area (Å²) in [6.07, 6.45) is 0.947. The maximum Gasteiger partial charge on any atom is 0.463 e. The van der Waals surface area contributed by atoms with Gasteiger partial charge in [-0.2, -0.15) is 0 Å². The molecule has 0 aliphatic carbocycles. The Labute approximate surface area is 132 Å². The van der Waals surface area contributed by atoms with Gasteiger partial charge in [0.15, 0.2) is 9.84 Å².